The van der Waals surface area contributed by atoms with Crippen LogP contribution < -0.4 is 5.32 Å². The molecule has 0 aromatic carbocycles. The highest BCUT2D eigenvalue weighted by Gasteiger charge is 2.28. The van der Waals surface area contributed by atoms with Gasteiger partial charge in [0, 0.05) is 0 Å². The number of hydrogen-bond donors (Lipinski definition) is 1. The van der Waals surface area contributed by atoms with E-state index in [0.29, 0.717) is 6.04 Å². The van der Waals surface area contributed by atoms with Gasteiger partial charge in [-0.3, -0.25) is 0 Å². The van der Waals surface area contributed by atoms with Gasteiger partial charge in [0.05, 0.1) is 32.0 Å². The predicted molar refractivity (Wildman–Crippen MR) is 60.0 cm³/mol. The quantitative estimate of drug-likeness (QED) is 0.715. The molecule has 2 unspecified atom stereocenters. The van der Waals surface area contributed by atoms with Gasteiger partial charge < -0.3 is 14.8 Å². The second-order valence-corrected chi connectivity index (χ2v) is 4.19. The lowest BCUT2D eigenvalue weighted by molar-refractivity contribution is -0.0968. The van der Waals surface area contributed by atoms with Crippen molar-refractivity contribution in [3.8, 4) is 0 Å². The van der Waals surface area contributed by atoms with Crippen molar-refractivity contribution in [3.63, 3.8) is 0 Å². The minimum atomic E-state index is 0.211. The molecule has 0 aromatic rings. The summed E-state index contributed by atoms with van der Waals surface area (Å²) in [5, 5.41) is 3.52. The van der Waals surface area contributed by atoms with Crippen LogP contribution in [-0.2, 0) is 9.47 Å². The molecule has 86 valence electrons. The summed E-state index contributed by atoms with van der Waals surface area (Å²) in [5.74, 6) is 0. The molecule has 2 aliphatic rings. The topological polar surface area (TPSA) is 30.5 Å². The summed E-state index contributed by atoms with van der Waals surface area (Å²) >= 11 is 0. The Morgan fingerprint density at radius 3 is 3.07 bits per heavy atom. The van der Waals surface area contributed by atoms with Crippen LogP contribution in [0.4, 0.5) is 0 Å². The van der Waals surface area contributed by atoms with Crippen LogP contribution in [0.2, 0.25) is 0 Å². The maximum absolute atomic E-state index is 5.78. The van der Waals surface area contributed by atoms with E-state index in [9.17, 15) is 0 Å². The van der Waals surface area contributed by atoms with E-state index < -0.39 is 0 Å². The van der Waals surface area contributed by atoms with Crippen molar-refractivity contribution >= 4 is 0 Å². The van der Waals surface area contributed by atoms with Gasteiger partial charge in [-0.25, -0.2) is 0 Å². The zero-order valence-corrected chi connectivity index (χ0v) is 9.50. The molecule has 3 heteroatoms. The third-order valence-electron chi connectivity index (χ3n) is 3.11. The van der Waals surface area contributed by atoms with Crippen LogP contribution in [-0.4, -0.2) is 38.5 Å². The van der Waals surface area contributed by atoms with Gasteiger partial charge in [0.25, 0.3) is 0 Å². The number of allylic oxidation sites excluding steroid dienone is 1. The van der Waals surface area contributed by atoms with E-state index in [4.69, 9.17) is 9.47 Å². The molecule has 0 spiro atoms. The fourth-order valence-corrected chi connectivity index (χ4v) is 2.40. The van der Waals surface area contributed by atoms with Crippen LogP contribution in [0.5, 0.6) is 0 Å². The first-order chi connectivity index (χ1) is 7.42. The summed E-state index contributed by atoms with van der Waals surface area (Å²) in [6.07, 6.45) is 6.32. The van der Waals surface area contributed by atoms with E-state index >= 15 is 0 Å². The monoisotopic (exact) mass is 211 g/mol. The molecule has 0 amide bonds. The second kappa shape index (κ2) is 5.64. The van der Waals surface area contributed by atoms with Crippen molar-refractivity contribution in [1.82, 2.24) is 5.32 Å². The van der Waals surface area contributed by atoms with Crippen molar-refractivity contribution in [2.24, 2.45) is 0 Å². The number of ether oxygens (including phenoxy) is 2. The van der Waals surface area contributed by atoms with Crippen LogP contribution in [0, 0.1) is 0 Å². The van der Waals surface area contributed by atoms with E-state index in [0.717, 1.165) is 26.4 Å². The van der Waals surface area contributed by atoms with Crippen molar-refractivity contribution in [1.29, 1.82) is 0 Å². The van der Waals surface area contributed by atoms with E-state index in [1.165, 1.54) is 24.8 Å². The number of likely N-dealkylation sites (N-methyl/N-ethyl adjacent to an activating group) is 1. The maximum Gasteiger partial charge on any atom is 0.1000 e. The molecule has 1 N–H and O–H groups in total. The van der Waals surface area contributed by atoms with E-state index in [1.54, 1.807) is 0 Å². The third-order valence-corrected chi connectivity index (χ3v) is 3.11. The van der Waals surface area contributed by atoms with Gasteiger partial charge in [0.15, 0.2) is 0 Å². The molecule has 0 radical (unpaired) electrons. The number of rotatable bonds is 4. The third kappa shape index (κ3) is 2.80. The van der Waals surface area contributed by atoms with Gasteiger partial charge in [0.2, 0.25) is 0 Å². The van der Waals surface area contributed by atoms with Crippen LogP contribution >= 0.6 is 0 Å². The summed E-state index contributed by atoms with van der Waals surface area (Å²) < 4.78 is 11.3. The molecular formula is C12H21NO2. The van der Waals surface area contributed by atoms with Crippen molar-refractivity contribution < 1.29 is 9.47 Å². The van der Waals surface area contributed by atoms with Gasteiger partial charge in [-0.1, -0.05) is 18.6 Å². The Labute approximate surface area is 91.8 Å². The molecule has 2 atom stereocenters. The molecule has 0 aromatic heterocycles. The molecule has 1 aliphatic heterocycles. The molecule has 1 fully saturated rings. The predicted octanol–water partition coefficient (Wildman–Crippen LogP) is 1.49. The average molecular weight is 211 g/mol. The first kappa shape index (κ1) is 11.1. The van der Waals surface area contributed by atoms with Gasteiger partial charge in [-0.2, -0.15) is 0 Å². The summed E-state index contributed by atoms with van der Waals surface area (Å²) in [6, 6.07) is 0.373. The molecule has 1 aliphatic carbocycles. The largest absolute Gasteiger partial charge is 0.376 e. The molecule has 2 rings (SSSR count). The Morgan fingerprint density at radius 2 is 2.47 bits per heavy atom. The minimum Gasteiger partial charge on any atom is -0.376 e. The molecule has 1 heterocycles. The number of hydrogen-bond acceptors (Lipinski definition) is 3. The van der Waals surface area contributed by atoms with E-state index in [1.807, 2.05) is 0 Å². The second-order valence-electron chi connectivity index (χ2n) is 4.19. The Bertz CT molecular complexity index is 222. The van der Waals surface area contributed by atoms with Crippen LogP contribution in [0.3, 0.4) is 0 Å². The lowest BCUT2D eigenvalue weighted by Gasteiger charge is -2.32. The average Bonchev–Trinajstić information content (AvgIpc) is 2.80. The molecular weight excluding hydrogens is 190 g/mol. The van der Waals surface area contributed by atoms with Crippen molar-refractivity contribution in [2.75, 3.05) is 26.4 Å². The summed E-state index contributed by atoms with van der Waals surface area (Å²) in [7, 11) is 0. The number of nitrogens with one attached hydrogen (secondary N) is 1. The zero-order chi connectivity index (χ0) is 10.5. The SMILES string of the molecule is CCNC(C1=CCCC1)C1COCCO1. The molecule has 0 bridgehead atoms. The minimum absolute atomic E-state index is 0.211. The zero-order valence-electron chi connectivity index (χ0n) is 9.50. The Balaban J connectivity index is 1.97. The van der Waals surface area contributed by atoms with E-state index in [2.05, 4.69) is 18.3 Å². The highest BCUT2D eigenvalue weighted by atomic mass is 16.6. The first-order valence-electron chi connectivity index (χ1n) is 6.03. The fourth-order valence-electron chi connectivity index (χ4n) is 2.40. The standard InChI is InChI=1S/C12H21NO2/c1-2-13-12(10-5-3-4-6-10)11-9-14-7-8-15-11/h5,11-13H,2-4,6-9H2,1H3. The summed E-state index contributed by atoms with van der Waals surface area (Å²) in [5.41, 5.74) is 1.52. The lowest BCUT2D eigenvalue weighted by Crippen LogP contribution is -2.47. The Hall–Kier alpha value is -0.380. The van der Waals surface area contributed by atoms with Gasteiger partial charge in [0.1, 0.15) is 0 Å². The molecule has 0 saturated carbocycles. The smallest absolute Gasteiger partial charge is 0.1000 e. The van der Waals surface area contributed by atoms with Crippen molar-refractivity contribution in [2.45, 2.75) is 38.3 Å². The highest BCUT2D eigenvalue weighted by Crippen LogP contribution is 2.24. The normalized spacial score (nSPS) is 28.9. The molecule has 3 nitrogen and oxygen atoms in total. The molecule has 15 heavy (non-hydrogen) atoms. The Kier molecular flexibility index (Phi) is 4.18. The Morgan fingerprint density at radius 1 is 1.53 bits per heavy atom. The van der Waals surface area contributed by atoms with Crippen LogP contribution in [0.15, 0.2) is 11.6 Å². The summed E-state index contributed by atoms with van der Waals surface area (Å²) in [4.78, 5) is 0. The molecule has 1 saturated heterocycles. The van der Waals surface area contributed by atoms with Crippen molar-refractivity contribution in [3.05, 3.63) is 11.6 Å². The van der Waals surface area contributed by atoms with Crippen LogP contribution in [0.25, 0.3) is 0 Å². The summed E-state index contributed by atoms with van der Waals surface area (Å²) in [6.45, 7) is 5.34. The van der Waals surface area contributed by atoms with E-state index in [-0.39, 0.29) is 6.10 Å². The lowest BCUT2D eigenvalue weighted by atomic mass is 10.0. The van der Waals surface area contributed by atoms with Gasteiger partial charge >= 0.3 is 0 Å². The fraction of sp³-hybridized carbons (Fsp3) is 0.833. The van der Waals surface area contributed by atoms with Crippen LogP contribution in [0.1, 0.15) is 26.2 Å². The first-order valence-corrected chi connectivity index (χ1v) is 6.03. The van der Waals surface area contributed by atoms with Gasteiger partial charge in [-0.05, 0) is 25.8 Å². The highest BCUT2D eigenvalue weighted by molar-refractivity contribution is 5.17. The van der Waals surface area contributed by atoms with Gasteiger partial charge in [-0.15, -0.1) is 0 Å². The maximum atomic E-state index is 5.78.